The molecule has 0 saturated carbocycles. The Bertz CT molecular complexity index is 414. The summed E-state index contributed by atoms with van der Waals surface area (Å²) < 4.78 is 5.10. The number of likely N-dealkylation sites (tertiary alicyclic amines) is 1. The lowest BCUT2D eigenvalue weighted by atomic mass is 9.90. The van der Waals surface area contributed by atoms with Crippen molar-refractivity contribution in [3.63, 3.8) is 0 Å². The van der Waals surface area contributed by atoms with Gasteiger partial charge in [-0.1, -0.05) is 25.9 Å². The van der Waals surface area contributed by atoms with Crippen LogP contribution in [0.15, 0.2) is 4.52 Å². The minimum atomic E-state index is 0.0449. The van der Waals surface area contributed by atoms with Crippen LogP contribution in [0, 0.1) is 12.3 Å². The molecule has 1 aliphatic rings. The Kier molecular flexibility index (Phi) is 2.93. The molecule has 1 amide bonds. The molecule has 0 aromatic carbocycles. The number of nitrogens with zero attached hydrogens (tertiary/aromatic N) is 3. The molecule has 94 valence electrons. The largest absolute Gasteiger partial charge is 0.341 e. The maximum Gasteiger partial charge on any atom is 0.233 e. The summed E-state index contributed by atoms with van der Waals surface area (Å²) in [6, 6.07) is 0. The van der Waals surface area contributed by atoms with Crippen LogP contribution in [0.2, 0.25) is 0 Å². The van der Waals surface area contributed by atoms with Gasteiger partial charge < -0.3 is 9.42 Å². The maximum absolute atomic E-state index is 11.9. The van der Waals surface area contributed by atoms with Crippen molar-refractivity contribution in [2.75, 3.05) is 13.1 Å². The number of aromatic nitrogens is 2. The Labute approximate surface area is 101 Å². The van der Waals surface area contributed by atoms with Gasteiger partial charge in [-0.3, -0.25) is 4.79 Å². The van der Waals surface area contributed by atoms with Crippen molar-refractivity contribution in [1.82, 2.24) is 15.0 Å². The fourth-order valence-electron chi connectivity index (χ4n) is 1.88. The molecule has 0 atom stereocenters. The van der Waals surface area contributed by atoms with Gasteiger partial charge in [-0.25, -0.2) is 0 Å². The van der Waals surface area contributed by atoms with Crippen molar-refractivity contribution in [1.29, 1.82) is 0 Å². The number of hydrogen-bond donors (Lipinski definition) is 0. The Morgan fingerprint density at radius 3 is 2.59 bits per heavy atom. The highest BCUT2D eigenvalue weighted by atomic mass is 16.5. The van der Waals surface area contributed by atoms with Crippen molar-refractivity contribution >= 4 is 5.91 Å². The third-order valence-corrected chi connectivity index (χ3v) is 2.81. The van der Waals surface area contributed by atoms with Crippen LogP contribution >= 0.6 is 0 Å². The summed E-state index contributed by atoms with van der Waals surface area (Å²) in [6.45, 7) is 9.43. The number of rotatable bonds is 2. The summed E-state index contributed by atoms with van der Waals surface area (Å²) in [5, 5.41) is 3.76. The van der Waals surface area contributed by atoms with Crippen LogP contribution in [0.25, 0.3) is 0 Å². The van der Waals surface area contributed by atoms with E-state index < -0.39 is 0 Å². The van der Waals surface area contributed by atoms with Crippen LogP contribution in [0.1, 0.15) is 44.8 Å². The number of carbonyl (C=O) groups excluding carboxylic acids is 1. The van der Waals surface area contributed by atoms with Crippen LogP contribution < -0.4 is 0 Å². The second kappa shape index (κ2) is 4.13. The third kappa shape index (κ3) is 2.84. The molecule has 1 fully saturated rings. The Morgan fingerprint density at radius 1 is 1.47 bits per heavy atom. The van der Waals surface area contributed by atoms with Crippen LogP contribution in [-0.4, -0.2) is 34.0 Å². The van der Waals surface area contributed by atoms with Gasteiger partial charge in [0, 0.05) is 19.5 Å². The van der Waals surface area contributed by atoms with Gasteiger partial charge in [0.15, 0.2) is 5.82 Å². The standard InChI is InChI=1S/C12H19N3O2/c1-8-13-11(17-14-8)9-6-15(7-9)10(16)5-12(2,3)4/h9H,5-7H2,1-4H3. The van der Waals surface area contributed by atoms with Gasteiger partial charge in [-0.2, -0.15) is 4.98 Å². The van der Waals surface area contributed by atoms with Crippen molar-refractivity contribution in [2.24, 2.45) is 5.41 Å². The number of aryl methyl sites for hydroxylation is 1. The quantitative estimate of drug-likeness (QED) is 0.786. The molecule has 5 nitrogen and oxygen atoms in total. The fraction of sp³-hybridized carbons (Fsp3) is 0.750. The first-order chi connectivity index (χ1) is 7.85. The van der Waals surface area contributed by atoms with E-state index in [1.54, 1.807) is 6.92 Å². The highest BCUT2D eigenvalue weighted by Crippen LogP contribution is 2.28. The zero-order valence-corrected chi connectivity index (χ0v) is 10.9. The Balaban J connectivity index is 1.85. The average molecular weight is 237 g/mol. The number of hydrogen-bond acceptors (Lipinski definition) is 4. The molecule has 0 aliphatic carbocycles. The second-order valence-corrected chi connectivity index (χ2v) is 5.91. The van der Waals surface area contributed by atoms with E-state index in [0.717, 1.165) is 0 Å². The SMILES string of the molecule is Cc1noc(C2CN(C(=O)CC(C)(C)C)C2)n1. The van der Waals surface area contributed by atoms with E-state index in [4.69, 9.17) is 4.52 Å². The monoisotopic (exact) mass is 237 g/mol. The van der Waals surface area contributed by atoms with Crippen molar-refractivity contribution in [3.05, 3.63) is 11.7 Å². The first kappa shape index (κ1) is 12.1. The normalized spacial score (nSPS) is 17.1. The summed E-state index contributed by atoms with van der Waals surface area (Å²) in [5.41, 5.74) is 0.0449. The van der Waals surface area contributed by atoms with Crippen molar-refractivity contribution in [2.45, 2.75) is 40.0 Å². The van der Waals surface area contributed by atoms with E-state index in [0.29, 0.717) is 31.2 Å². The fourth-order valence-corrected chi connectivity index (χ4v) is 1.88. The molecule has 0 spiro atoms. The third-order valence-electron chi connectivity index (χ3n) is 2.81. The average Bonchev–Trinajstić information content (AvgIpc) is 2.45. The van der Waals surface area contributed by atoms with Crippen LogP contribution in [0.5, 0.6) is 0 Å². The van der Waals surface area contributed by atoms with Crippen molar-refractivity contribution in [3.8, 4) is 0 Å². The molecule has 2 heterocycles. The number of carbonyl (C=O) groups is 1. The molecular formula is C12H19N3O2. The summed E-state index contributed by atoms with van der Waals surface area (Å²) in [5.74, 6) is 1.74. The molecule has 1 aliphatic heterocycles. The van der Waals surface area contributed by atoms with E-state index in [1.807, 2.05) is 4.90 Å². The van der Waals surface area contributed by atoms with Gasteiger partial charge in [0.05, 0.1) is 5.92 Å². The van der Waals surface area contributed by atoms with Gasteiger partial charge in [0.25, 0.3) is 0 Å². The van der Waals surface area contributed by atoms with E-state index in [1.165, 1.54) is 0 Å². The summed E-state index contributed by atoms with van der Waals surface area (Å²) in [4.78, 5) is 17.9. The molecule has 17 heavy (non-hydrogen) atoms. The molecule has 2 rings (SSSR count). The molecule has 5 heteroatoms. The summed E-state index contributed by atoms with van der Waals surface area (Å²) in [6.07, 6.45) is 0.586. The lowest BCUT2D eigenvalue weighted by Crippen LogP contribution is -2.49. The van der Waals surface area contributed by atoms with Gasteiger partial charge in [-0.05, 0) is 12.3 Å². The minimum absolute atomic E-state index is 0.0449. The minimum Gasteiger partial charge on any atom is -0.341 e. The highest BCUT2D eigenvalue weighted by Gasteiger charge is 2.36. The zero-order chi connectivity index (χ0) is 12.6. The first-order valence-corrected chi connectivity index (χ1v) is 5.93. The van der Waals surface area contributed by atoms with Gasteiger partial charge in [0.2, 0.25) is 11.8 Å². The van der Waals surface area contributed by atoms with Crippen LogP contribution in [-0.2, 0) is 4.79 Å². The van der Waals surface area contributed by atoms with Gasteiger partial charge >= 0.3 is 0 Å². The first-order valence-electron chi connectivity index (χ1n) is 5.93. The topological polar surface area (TPSA) is 59.2 Å². The summed E-state index contributed by atoms with van der Waals surface area (Å²) >= 11 is 0. The predicted octanol–water partition coefficient (Wildman–Crippen LogP) is 1.74. The van der Waals surface area contributed by atoms with E-state index in [2.05, 4.69) is 30.9 Å². The van der Waals surface area contributed by atoms with E-state index >= 15 is 0 Å². The van der Waals surface area contributed by atoms with Gasteiger partial charge in [-0.15, -0.1) is 0 Å². The lowest BCUT2D eigenvalue weighted by molar-refractivity contribution is -0.137. The molecule has 0 N–H and O–H groups in total. The van der Waals surface area contributed by atoms with Crippen LogP contribution in [0.3, 0.4) is 0 Å². The predicted molar refractivity (Wildman–Crippen MR) is 62.4 cm³/mol. The molecular weight excluding hydrogens is 218 g/mol. The molecule has 1 saturated heterocycles. The molecule has 1 aromatic rings. The van der Waals surface area contributed by atoms with E-state index in [-0.39, 0.29) is 17.2 Å². The number of amides is 1. The van der Waals surface area contributed by atoms with E-state index in [9.17, 15) is 4.79 Å². The van der Waals surface area contributed by atoms with Gasteiger partial charge in [0.1, 0.15) is 0 Å². The molecule has 0 radical (unpaired) electrons. The zero-order valence-electron chi connectivity index (χ0n) is 10.9. The highest BCUT2D eigenvalue weighted by molar-refractivity contribution is 5.77. The molecule has 0 bridgehead atoms. The lowest BCUT2D eigenvalue weighted by Gasteiger charge is -2.38. The molecule has 1 aromatic heterocycles. The molecule has 0 unspecified atom stereocenters. The Morgan fingerprint density at radius 2 is 2.12 bits per heavy atom. The Hall–Kier alpha value is -1.39. The summed E-state index contributed by atoms with van der Waals surface area (Å²) in [7, 11) is 0. The van der Waals surface area contributed by atoms with Crippen molar-refractivity contribution < 1.29 is 9.32 Å². The van der Waals surface area contributed by atoms with Crippen LogP contribution in [0.4, 0.5) is 0 Å². The second-order valence-electron chi connectivity index (χ2n) is 5.91. The maximum atomic E-state index is 11.9. The smallest absolute Gasteiger partial charge is 0.233 e.